The molecule has 0 bridgehead atoms. The Labute approximate surface area is 96.6 Å². The molecule has 0 amide bonds. The molecular weight excluding hydrogens is 208 g/mol. The number of nitriles is 1. The quantitative estimate of drug-likeness (QED) is 0.642. The maximum Gasteiger partial charge on any atom is 0.118 e. The fourth-order valence-corrected chi connectivity index (χ4v) is 2.92. The first kappa shape index (κ1) is 12.8. The summed E-state index contributed by atoms with van der Waals surface area (Å²) in [6.45, 7) is 0.815. The number of hydrogen-bond donors (Lipinski definition) is 1. The van der Waals surface area contributed by atoms with Crippen molar-refractivity contribution < 1.29 is 4.74 Å². The topological polar surface area (TPSA) is 45.0 Å². The molecule has 0 aliphatic heterocycles. The zero-order valence-corrected chi connectivity index (χ0v) is 10.4. The third-order valence-corrected chi connectivity index (χ3v) is 4.12. The minimum Gasteiger partial charge on any atom is -0.385 e. The molecule has 0 aromatic rings. The van der Waals surface area contributed by atoms with Crippen LogP contribution >= 0.6 is 11.8 Å². The standard InChI is InChI=1S/C11H20N2OS/c1-13-11(8-12,10-4-5-10)9-15-7-3-6-14-2/h10,13H,3-7,9H2,1-2H3. The minimum absolute atomic E-state index is 0.280. The third-order valence-electron chi connectivity index (χ3n) is 2.89. The van der Waals surface area contributed by atoms with Gasteiger partial charge in [-0.3, -0.25) is 0 Å². The number of ether oxygens (including phenoxy) is 1. The first-order chi connectivity index (χ1) is 7.29. The van der Waals surface area contributed by atoms with Crippen molar-refractivity contribution in [3.05, 3.63) is 0 Å². The summed E-state index contributed by atoms with van der Waals surface area (Å²) in [4.78, 5) is 0. The first-order valence-electron chi connectivity index (χ1n) is 5.46. The number of methoxy groups -OCH3 is 1. The van der Waals surface area contributed by atoms with E-state index in [1.807, 2.05) is 18.8 Å². The molecule has 0 heterocycles. The molecule has 86 valence electrons. The molecule has 0 saturated heterocycles. The fourth-order valence-electron chi connectivity index (χ4n) is 1.69. The zero-order chi connectivity index (χ0) is 11.1. The van der Waals surface area contributed by atoms with E-state index in [1.54, 1.807) is 7.11 Å². The smallest absolute Gasteiger partial charge is 0.118 e. The van der Waals surface area contributed by atoms with Crippen molar-refractivity contribution in [3.8, 4) is 6.07 Å². The van der Waals surface area contributed by atoms with E-state index in [1.165, 1.54) is 12.8 Å². The van der Waals surface area contributed by atoms with Gasteiger partial charge in [0.25, 0.3) is 0 Å². The van der Waals surface area contributed by atoms with Gasteiger partial charge >= 0.3 is 0 Å². The predicted molar refractivity (Wildman–Crippen MR) is 63.9 cm³/mol. The van der Waals surface area contributed by atoms with Crippen LogP contribution in [0, 0.1) is 17.2 Å². The van der Waals surface area contributed by atoms with E-state index in [-0.39, 0.29) is 5.54 Å². The summed E-state index contributed by atoms with van der Waals surface area (Å²) < 4.78 is 4.99. The molecule has 0 aromatic heterocycles. The van der Waals surface area contributed by atoms with Crippen LogP contribution in [0.15, 0.2) is 0 Å². The van der Waals surface area contributed by atoms with Crippen LogP contribution in [-0.4, -0.2) is 37.8 Å². The first-order valence-corrected chi connectivity index (χ1v) is 6.61. The largest absolute Gasteiger partial charge is 0.385 e. The van der Waals surface area contributed by atoms with Crippen molar-refractivity contribution in [2.75, 3.05) is 32.3 Å². The molecule has 0 radical (unpaired) electrons. The van der Waals surface area contributed by atoms with Gasteiger partial charge in [0.05, 0.1) is 6.07 Å². The molecule has 3 nitrogen and oxygen atoms in total. The Hall–Kier alpha value is -0.240. The van der Waals surface area contributed by atoms with Crippen LogP contribution in [0.4, 0.5) is 0 Å². The molecule has 1 fully saturated rings. The summed E-state index contributed by atoms with van der Waals surface area (Å²) in [5.41, 5.74) is -0.280. The lowest BCUT2D eigenvalue weighted by Crippen LogP contribution is -2.46. The number of nitrogens with zero attached hydrogens (tertiary/aromatic N) is 1. The van der Waals surface area contributed by atoms with Crippen LogP contribution in [0.5, 0.6) is 0 Å². The summed E-state index contributed by atoms with van der Waals surface area (Å²) >= 11 is 1.85. The van der Waals surface area contributed by atoms with Gasteiger partial charge in [0, 0.05) is 19.5 Å². The number of rotatable bonds is 8. The summed E-state index contributed by atoms with van der Waals surface area (Å²) in [7, 11) is 3.62. The zero-order valence-electron chi connectivity index (χ0n) is 9.58. The summed E-state index contributed by atoms with van der Waals surface area (Å²) in [5, 5.41) is 12.4. The molecule has 0 aromatic carbocycles. The average molecular weight is 228 g/mol. The molecule has 1 saturated carbocycles. The average Bonchev–Trinajstić information content (AvgIpc) is 3.08. The van der Waals surface area contributed by atoms with Gasteiger partial charge in [0.2, 0.25) is 0 Å². The van der Waals surface area contributed by atoms with Gasteiger partial charge in [-0.15, -0.1) is 0 Å². The Balaban J connectivity index is 2.23. The highest BCUT2D eigenvalue weighted by Crippen LogP contribution is 2.40. The van der Waals surface area contributed by atoms with Gasteiger partial charge in [0.1, 0.15) is 5.54 Å². The lowest BCUT2D eigenvalue weighted by Gasteiger charge is -2.25. The van der Waals surface area contributed by atoms with E-state index < -0.39 is 0 Å². The lowest BCUT2D eigenvalue weighted by molar-refractivity contribution is 0.200. The van der Waals surface area contributed by atoms with E-state index in [0.29, 0.717) is 5.92 Å². The van der Waals surface area contributed by atoms with Gasteiger partial charge in [-0.1, -0.05) is 0 Å². The van der Waals surface area contributed by atoms with Crippen molar-refractivity contribution in [3.63, 3.8) is 0 Å². The molecule has 1 aliphatic carbocycles. The highest BCUT2D eigenvalue weighted by Gasteiger charge is 2.44. The second-order valence-corrected chi connectivity index (χ2v) is 5.11. The van der Waals surface area contributed by atoms with Crippen molar-refractivity contribution in [1.82, 2.24) is 5.32 Å². The van der Waals surface area contributed by atoms with Crippen molar-refractivity contribution in [1.29, 1.82) is 5.26 Å². The Morgan fingerprint density at radius 2 is 2.33 bits per heavy atom. The predicted octanol–water partition coefficient (Wildman–Crippen LogP) is 1.65. The number of nitrogens with one attached hydrogen (secondary N) is 1. The second-order valence-electron chi connectivity index (χ2n) is 4.01. The van der Waals surface area contributed by atoms with E-state index in [2.05, 4.69) is 11.4 Å². The monoisotopic (exact) mass is 228 g/mol. The molecule has 1 rings (SSSR count). The fraction of sp³-hybridized carbons (Fsp3) is 0.909. The highest BCUT2D eigenvalue weighted by molar-refractivity contribution is 7.99. The van der Waals surface area contributed by atoms with E-state index in [0.717, 1.165) is 24.5 Å². The molecule has 1 atom stereocenters. The summed E-state index contributed by atoms with van der Waals surface area (Å²) in [5.74, 6) is 2.54. The molecule has 1 aliphatic rings. The minimum atomic E-state index is -0.280. The van der Waals surface area contributed by atoms with E-state index >= 15 is 0 Å². The van der Waals surface area contributed by atoms with Crippen LogP contribution in [0.25, 0.3) is 0 Å². The Morgan fingerprint density at radius 1 is 1.60 bits per heavy atom. The van der Waals surface area contributed by atoms with Gasteiger partial charge in [0.15, 0.2) is 0 Å². The van der Waals surface area contributed by atoms with Gasteiger partial charge < -0.3 is 10.1 Å². The maximum absolute atomic E-state index is 9.24. The molecule has 15 heavy (non-hydrogen) atoms. The number of thioether (sulfide) groups is 1. The lowest BCUT2D eigenvalue weighted by atomic mass is 9.98. The van der Waals surface area contributed by atoms with Gasteiger partial charge in [-0.25, -0.2) is 0 Å². The SMILES string of the molecule is CNC(C#N)(CSCCCOC)C1CC1. The van der Waals surface area contributed by atoms with Crippen LogP contribution in [0.1, 0.15) is 19.3 Å². The van der Waals surface area contributed by atoms with Crippen molar-refractivity contribution in [2.24, 2.45) is 5.92 Å². The number of hydrogen-bond acceptors (Lipinski definition) is 4. The molecule has 1 N–H and O–H groups in total. The van der Waals surface area contributed by atoms with Crippen molar-refractivity contribution >= 4 is 11.8 Å². The molecule has 0 spiro atoms. The van der Waals surface area contributed by atoms with Crippen LogP contribution in [0.3, 0.4) is 0 Å². The third kappa shape index (κ3) is 3.67. The van der Waals surface area contributed by atoms with Crippen LogP contribution in [0.2, 0.25) is 0 Å². The summed E-state index contributed by atoms with van der Waals surface area (Å²) in [6, 6.07) is 2.45. The van der Waals surface area contributed by atoms with Crippen LogP contribution in [-0.2, 0) is 4.74 Å². The maximum atomic E-state index is 9.24. The normalized spacial score (nSPS) is 19.5. The Kier molecular flexibility index (Phi) is 5.44. The van der Waals surface area contributed by atoms with Crippen LogP contribution < -0.4 is 5.32 Å². The Morgan fingerprint density at radius 3 is 2.80 bits per heavy atom. The summed E-state index contributed by atoms with van der Waals surface area (Å²) in [6.07, 6.45) is 3.47. The molecule has 1 unspecified atom stereocenters. The van der Waals surface area contributed by atoms with Gasteiger partial charge in [-0.05, 0) is 38.0 Å². The van der Waals surface area contributed by atoms with E-state index in [4.69, 9.17) is 4.74 Å². The second kappa shape index (κ2) is 6.37. The molecular formula is C11H20N2OS. The van der Waals surface area contributed by atoms with Gasteiger partial charge in [-0.2, -0.15) is 17.0 Å². The van der Waals surface area contributed by atoms with Crippen molar-refractivity contribution in [2.45, 2.75) is 24.8 Å². The van der Waals surface area contributed by atoms with E-state index in [9.17, 15) is 5.26 Å². The molecule has 4 heteroatoms. The highest BCUT2D eigenvalue weighted by atomic mass is 32.2. The Bertz CT molecular complexity index is 225.